The monoisotopic (exact) mass is 555 g/mol. The number of aromatic nitrogens is 2. The number of carbonyl (C=O) groups excluding carboxylic acids is 1. The summed E-state index contributed by atoms with van der Waals surface area (Å²) in [5.74, 6) is -0.720. The molecule has 9 nitrogen and oxygen atoms in total. The van der Waals surface area contributed by atoms with Crippen LogP contribution < -0.4 is 5.32 Å². The first-order valence-corrected chi connectivity index (χ1v) is 13.8. The average Bonchev–Trinajstić information content (AvgIpc) is 3.58. The fourth-order valence-corrected chi connectivity index (χ4v) is 4.90. The van der Waals surface area contributed by atoms with Crippen LogP contribution >= 0.6 is 0 Å². The Morgan fingerprint density at radius 2 is 1.56 bits per heavy atom. The SMILES string of the molecule is O=C(N[C@@H](COCc1cc(CCCCCn2c3ccccc3c3ccccc32)no1)C(=O)O)OCc1ccccc1. The summed E-state index contributed by atoms with van der Waals surface area (Å²) in [6, 6.07) is 26.8. The zero-order valence-corrected chi connectivity index (χ0v) is 22.7. The number of hydrogen-bond donors (Lipinski definition) is 2. The van der Waals surface area contributed by atoms with Gasteiger partial charge in [0.25, 0.3) is 0 Å². The number of fused-ring (bicyclic) bond motifs is 3. The number of carbonyl (C=O) groups is 2. The zero-order chi connectivity index (χ0) is 28.4. The molecule has 9 heteroatoms. The Morgan fingerprint density at radius 1 is 0.878 bits per heavy atom. The molecule has 0 bridgehead atoms. The summed E-state index contributed by atoms with van der Waals surface area (Å²) in [5, 5.41) is 18.4. The molecule has 0 aliphatic rings. The van der Waals surface area contributed by atoms with Crippen molar-refractivity contribution in [3.8, 4) is 0 Å². The molecule has 1 atom stereocenters. The zero-order valence-electron chi connectivity index (χ0n) is 22.7. The molecule has 0 spiro atoms. The van der Waals surface area contributed by atoms with Crippen molar-refractivity contribution in [2.24, 2.45) is 0 Å². The molecule has 0 unspecified atom stereocenters. The van der Waals surface area contributed by atoms with E-state index < -0.39 is 18.1 Å². The van der Waals surface area contributed by atoms with Crippen molar-refractivity contribution in [2.45, 2.75) is 51.5 Å². The van der Waals surface area contributed by atoms with Gasteiger partial charge in [-0.05, 0) is 37.0 Å². The van der Waals surface area contributed by atoms with Crippen molar-refractivity contribution in [3.63, 3.8) is 0 Å². The van der Waals surface area contributed by atoms with Crippen molar-refractivity contribution in [1.82, 2.24) is 15.0 Å². The van der Waals surface area contributed by atoms with Crippen LogP contribution in [0.5, 0.6) is 0 Å². The molecule has 0 aliphatic carbocycles. The van der Waals surface area contributed by atoms with Gasteiger partial charge in [0.1, 0.15) is 13.2 Å². The van der Waals surface area contributed by atoms with E-state index in [1.807, 2.05) is 36.4 Å². The van der Waals surface area contributed by atoms with Gasteiger partial charge in [-0.1, -0.05) is 78.3 Å². The van der Waals surface area contributed by atoms with Gasteiger partial charge >= 0.3 is 12.1 Å². The maximum Gasteiger partial charge on any atom is 0.408 e. The molecule has 2 heterocycles. The van der Waals surface area contributed by atoms with Gasteiger partial charge in [0.2, 0.25) is 0 Å². The minimum Gasteiger partial charge on any atom is -0.480 e. The minimum atomic E-state index is -1.25. The lowest BCUT2D eigenvalue weighted by Gasteiger charge is -2.14. The number of carboxylic acid groups (broad SMARTS) is 1. The van der Waals surface area contributed by atoms with E-state index in [-0.39, 0.29) is 19.8 Å². The van der Waals surface area contributed by atoms with Crippen molar-refractivity contribution in [2.75, 3.05) is 6.61 Å². The first kappa shape index (κ1) is 27.9. The lowest BCUT2D eigenvalue weighted by Crippen LogP contribution is -2.44. The summed E-state index contributed by atoms with van der Waals surface area (Å²) in [6.45, 7) is 0.797. The number of hydrogen-bond acceptors (Lipinski definition) is 6. The smallest absolute Gasteiger partial charge is 0.408 e. The van der Waals surface area contributed by atoms with Crippen LogP contribution in [0.15, 0.2) is 89.5 Å². The maximum atomic E-state index is 12.0. The second-order valence-corrected chi connectivity index (χ2v) is 9.89. The fourth-order valence-electron chi connectivity index (χ4n) is 4.90. The van der Waals surface area contributed by atoms with Crippen LogP contribution in [0.2, 0.25) is 0 Å². The van der Waals surface area contributed by atoms with Crippen molar-refractivity contribution < 1.29 is 28.7 Å². The van der Waals surface area contributed by atoms with Gasteiger partial charge in [-0.2, -0.15) is 0 Å². The topological polar surface area (TPSA) is 116 Å². The van der Waals surface area contributed by atoms with E-state index in [9.17, 15) is 14.7 Å². The molecule has 1 amide bonds. The van der Waals surface area contributed by atoms with Gasteiger partial charge in [0.05, 0.1) is 12.3 Å². The van der Waals surface area contributed by atoms with Crippen LogP contribution in [-0.2, 0) is 40.4 Å². The van der Waals surface area contributed by atoms with Crippen LogP contribution in [0.3, 0.4) is 0 Å². The Hall–Kier alpha value is -4.63. The van der Waals surface area contributed by atoms with Gasteiger partial charge in [-0.3, -0.25) is 0 Å². The Balaban J connectivity index is 1.02. The molecule has 41 heavy (non-hydrogen) atoms. The number of rotatable bonds is 14. The largest absolute Gasteiger partial charge is 0.480 e. The molecular formula is C32H33N3O6. The standard InChI is InChI=1S/C32H33N3O6/c36-31(37)28(33-32(38)40-20-23-11-3-1-4-12-23)22-39-21-25-19-24(34-41-25)13-5-2-10-18-35-29-16-8-6-14-26(29)27-15-7-9-17-30(27)35/h1,3-4,6-9,11-12,14-17,19,28H,2,5,10,13,18,20-22H2,(H,33,38)(H,36,37)/t28-/m0/s1. The van der Waals surface area contributed by atoms with Gasteiger partial charge in [-0.15, -0.1) is 0 Å². The molecule has 5 rings (SSSR count). The van der Waals surface area contributed by atoms with E-state index >= 15 is 0 Å². The molecule has 2 aromatic heterocycles. The Morgan fingerprint density at radius 3 is 2.27 bits per heavy atom. The molecule has 212 valence electrons. The number of para-hydroxylation sites is 2. The number of carboxylic acids is 1. The van der Waals surface area contributed by atoms with Crippen LogP contribution in [0, 0.1) is 0 Å². The molecule has 0 saturated carbocycles. The molecule has 0 fully saturated rings. The lowest BCUT2D eigenvalue weighted by atomic mass is 10.1. The summed E-state index contributed by atoms with van der Waals surface area (Å²) in [7, 11) is 0. The van der Waals surface area contributed by atoms with E-state index in [1.54, 1.807) is 0 Å². The Labute approximate surface area is 237 Å². The van der Waals surface area contributed by atoms with Crippen LogP contribution in [-0.4, -0.2) is 39.5 Å². The number of nitrogens with zero attached hydrogens (tertiary/aromatic N) is 2. The van der Waals surface area contributed by atoms with Crippen molar-refractivity contribution in [1.29, 1.82) is 0 Å². The minimum absolute atomic E-state index is 0.0425. The molecule has 0 aliphatic heterocycles. The molecule has 0 saturated heterocycles. The fraction of sp³-hybridized carbons (Fsp3) is 0.281. The highest BCUT2D eigenvalue weighted by molar-refractivity contribution is 6.07. The lowest BCUT2D eigenvalue weighted by molar-refractivity contribution is -0.141. The summed E-state index contributed by atoms with van der Waals surface area (Å²) in [5.41, 5.74) is 4.16. The Bertz CT molecular complexity index is 1540. The highest BCUT2D eigenvalue weighted by atomic mass is 16.6. The third-order valence-electron chi connectivity index (χ3n) is 6.93. The van der Waals surface area contributed by atoms with Crippen molar-refractivity contribution in [3.05, 3.63) is 102 Å². The van der Waals surface area contributed by atoms with E-state index in [0.29, 0.717) is 5.76 Å². The maximum absolute atomic E-state index is 12.0. The second kappa shape index (κ2) is 13.6. The number of aliphatic carboxylic acids is 1. The summed E-state index contributed by atoms with van der Waals surface area (Å²) < 4.78 is 18.3. The van der Waals surface area contributed by atoms with E-state index in [0.717, 1.165) is 43.5 Å². The number of alkyl carbamates (subject to hydrolysis) is 1. The molecular weight excluding hydrogens is 522 g/mol. The van der Waals surface area contributed by atoms with Gasteiger partial charge in [0.15, 0.2) is 11.8 Å². The molecule has 3 aromatic carbocycles. The second-order valence-electron chi connectivity index (χ2n) is 9.89. The third kappa shape index (κ3) is 7.32. The normalized spacial score (nSPS) is 12.0. The van der Waals surface area contributed by atoms with Gasteiger partial charge < -0.3 is 29.0 Å². The number of amides is 1. The van der Waals surface area contributed by atoms with Crippen LogP contribution in [0.4, 0.5) is 4.79 Å². The highest BCUT2D eigenvalue weighted by Crippen LogP contribution is 2.29. The van der Waals surface area contributed by atoms with Crippen LogP contribution in [0.25, 0.3) is 21.8 Å². The van der Waals surface area contributed by atoms with Gasteiger partial charge in [-0.25, -0.2) is 9.59 Å². The molecule has 2 N–H and O–H groups in total. The summed E-state index contributed by atoms with van der Waals surface area (Å²) in [4.78, 5) is 23.6. The van der Waals surface area contributed by atoms with Crippen molar-refractivity contribution >= 4 is 33.9 Å². The predicted molar refractivity (Wildman–Crippen MR) is 154 cm³/mol. The first-order chi connectivity index (χ1) is 20.1. The number of benzene rings is 3. The van der Waals surface area contributed by atoms with E-state index in [4.69, 9.17) is 14.0 Å². The average molecular weight is 556 g/mol. The highest BCUT2D eigenvalue weighted by Gasteiger charge is 2.21. The van der Waals surface area contributed by atoms with Crippen LogP contribution in [0.1, 0.15) is 36.3 Å². The Kier molecular flexibility index (Phi) is 9.28. The van der Waals surface area contributed by atoms with E-state index in [1.165, 1.54) is 21.8 Å². The first-order valence-electron chi connectivity index (χ1n) is 13.8. The predicted octanol–water partition coefficient (Wildman–Crippen LogP) is 6.09. The third-order valence-corrected chi connectivity index (χ3v) is 6.93. The van der Waals surface area contributed by atoms with E-state index in [2.05, 4.69) is 63.6 Å². The number of ether oxygens (including phenoxy) is 2. The summed E-state index contributed by atoms with van der Waals surface area (Å²) >= 11 is 0. The molecule has 0 radical (unpaired) electrons. The molecule has 5 aromatic rings. The summed E-state index contributed by atoms with van der Waals surface area (Å²) in [6.07, 6.45) is 3.02. The number of unbranched alkanes of at least 4 members (excludes halogenated alkanes) is 2. The number of nitrogens with one attached hydrogen (secondary N) is 1. The quantitative estimate of drug-likeness (QED) is 0.159. The van der Waals surface area contributed by atoms with Gasteiger partial charge in [0, 0.05) is 34.4 Å². The number of aryl methyl sites for hydroxylation is 2.